The first-order valence-corrected chi connectivity index (χ1v) is 10.3. The Morgan fingerprint density at radius 1 is 0.938 bits per heavy atom. The number of aromatic nitrogens is 6. The van der Waals surface area contributed by atoms with E-state index < -0.39 is 0 Å². The van der Waals surface area contributed by atoms with Crippen LogP contribution in [-0.2, 0) is 13.1 Å². The van der Waals surface area contributed by atoms with Crippen LogP contribution in [0.2, 0.25) is 0 Å². The lowest BCUT2D eigenvalue weighted by atomic mass is 10.2. The molecule has 0 aromatic carbocycles. The highest BCUT2D eigenvalue weighted by Crippen LogP contribution is 2.23. The molecule has 5 heterocycles. The van der Waals surface area contributed by atoms with Gasteiger partial charge in [0.2, 0.25) is 0 Å². The molecule has 1 amide bonds. The number of hydrogen-bond donors (Lipinski definition) is 1. The molecule has 0 saturated carbocycles. The molecular weight excluding hydrogens is 402 g/mol. The zero-order valence-electron chi connectivity index (χ0n) is 17.5. The van der Waals surface area contributed by atoms with Gasteiger partial charge in [0.15, 0.2) is 11.5 Å². The van der Waals surface area contributed by atoms with E-state index in [0.717, 1.165) is 22.5 Å². The standard InChI is InChI=1S/C24H21N7O/c1-17-28-20(16-30(17)15-19-7-11-26-12-8-19)23-29-22(21-4-2-3-13-31(21)23)24(32)27-14-18-5-9-25-10-6-18/h2-13,16H,14-15H2,1H3,(H,27,32). The van der Waals surface area contributed by atoms with E-state index in [9.17, 15) is 4.79 Å². The summed E-state index contributed by atoms with van der Waals surface area (Å²) in [4.78, 5) is 30.4. The number of nitrogens with zero attached hydrogens (tertiary/aromatic N) is 6. The molecule has 0 aliphatic heterocycles. The number of hydrogen-bond acceptors (Lipinski definition) is 5. The van der Waals surface area contributed by atoms with Crippen LogP contribution < -0.4 is 5.32 Å². The molecular formula is C24H21N7O. The predicted molar refractivity (Wildman–Crippen MR) is 120 cm³/mol. The highest BCUT2D eigenvalue weighted by atomic mass is 16.1. The molecule has 8 heteroatoms. The van der Waals surface area contributed by atoms with Crippen LogP contribution in [0.4, 0.5) is 0 Å². The molecule has 0 atom stereocenters. The summed E-state index contributed by atoms with van der Waals surface area (Å²) >= 11 is 0. The lowest BCUT2D eigenvalue weighted by Gasteiger charge is -2.03. The summed E-state index contributed by atoms with van der Waals surface area (Å²) in [7, 11) is 0. The Morgan fingerprint density at radius 2 is 1.66 bits per heavy atom. The predicted octanol–water partition coefficient (Wildman–Crippen LogP) is 3.27. The van der Waals surface area contributed by atoms with Crippen molar-refractivity contribution < 1.29 is 4.79 Å². The van der Waals surface area contributed by atoms with Crippen LogP contribution in [0.15, 0.2) is 79.6 Å². The average molecular weight is 423 g/mol. The van der Waals surface area contributed by atoms with E-state index in [1.54, 1.807) is 24.8 Å². The molecule has 1 N–H and O–H groups in total. The fourth-order valence-corrected chi connectivity index (χ4v) is 3.61. The van der Waals surface area contributed by atoms with Gasteiger partial charge in [-0.2, -0.15) is 0 Å². The van der Waals surface area contributed by atoms with Crippen LogP contribution in [0, 0.1) is 6.92 Å². The second-order valence-corrected chi connectivity index (χ2v) is 7.43. The molecule has 0 aliphatic carbocycles. The van der Waals surface area contributed by atoms with Crippen LogP contribution in [0.3, 0.4) is 0 Å². The molecule has 32 heavy (non-hydrogen) atoms. The fourth-order valence-electron chi connectivity index (χ4n) is 3.61. The largest absolute Gasteiger partial charge is 0.347 e. The van der Waals surface area contributed by atoms with Gasteiger partial charge in [0.25, 0.3) is 5.91 Å². The van der Waals surface area contributed by atoms with E-state index in [-0.39, 0.29) is 5.91 Å². The number of fused-ring (bicyclic) bond motifs is 1. The molecule has 0 saturated heterocycles. The van der Waals surface area contributed by atoms with Crippen molar-refractivity contribution in [3.8, 4) is 11.5 Å². The average Bonchev–Trinajstić information content (AvgIpc) is 3.39. The lowest BCUT2D eigenvalue weighted by Crippen LogP contribution is -2.23. The number of amides is 1. The molecule has 0 radical (unpaired) electrons. The Hall–Kier alpha value is -4.33. The number of carbonyl (C=O) groups is 1. The van der Waals surface area contributed by atoms with E-state index in [1.165, 1.54) is 0 Å². The van der Waals surface area contributed by atoms with Gasteiger partial charge in [0, 0.05) is 50.3 Å². The summed E-state index contributed by atoms with van der Waals surface area (Å²) in [6.07, 6.45) is 10.8. The first-order chi connectivity index (χ1) is 15.7. The lowest BCUT2D eigenvalue weighted by molar-refractivity contribution is 0.0948. The molecule has 0 aliphatic rings. The molecule has 0 unspecified atom stereocenters. The maximum absolute atomic E-state index is 13.0. The van der Waals surface area contributed by atoms with Crippen molar-refractivity contribution in [1.29, 1.82) is 0 Å². The van der Waals surface area contributed by atoms with Crippen LogP contribution >= 0.6 is 0 Å². The number of pyridine rings is 3. The Kier molecular flexibility index (Phi) is 5.17. The van der Waals surface area contributed by atoms with Gasteiger partial charge in [-0.15, -0.1) is 0 Å². The maximum atomic E-state index is 13.0. The fraction of sp³-hybridized carbons (Fsp3) is 0.125. The quantitative estimate of drug-likeness (QED) is 0.453. The number of carbonyl (C=O) groups excluding carboxylic acids is 1. The molecule has 5 aromatic heterocycles. The van der Waals surface area contributed by atoms with Crippen molar-refractivity contribution in [3.63, 3.8) is 0 Å². The smallest absolute Gasteiger partial charge is 0.272 e. The second-order valence-electron chi connectivity index (χ2n) is 7.43. The van der Waals surface area contributed by atoms with Crippen molar-refractivity contribution in [2.75, 3.05) is 0 Å². The first kappa shape index (κ1) is 19.6. The van der Waals surface area contributed by atoms with Gasteiger partial charge < -0.3 is 9.88 Å². The summed E-state index contributed by atoms with van der Waals surface area (Å²) < 4.78 is 3.97. The molecule has 0 spiro atoms. The van der Waals surface area contributed by atoms with E-state index in [1.807, 2.05) is 66.2 Å². The normalized spacial score (nSPS) is 11.0. The van der Waals surface area contributed by atoms with E-state index in [2.05, 4.69) is 24.8 Å². The molecule has 158 valence electrons. The minimum Gasteiger partial charge on any atom is -0.347 e. The van der Waals surface area contributed by atoms with Crippen LogP contribution in [-0.4, -0.2) is 34.8 Å². The maximum Gasteiger partial charge on any atom is 0.272 e. The Bertz CT molecular complexity index is 1370. The third-order valence-corrected chi connectivity index (χ3v) is 5.27. The first-order valence-electron chi connectivity index (χ1n) is 10.3. The van der Waals surface area contributed by atoms with Crippen LogP contribution in [0.5, 0.6) is 0 Å². The van der Waals surface area contributed by atoms with E-state index in [4.69, 9.17) is 4.98 Å². The van der Waals surface area contributed by atoms with Crippen molar-refractivity contribution >= 4 is 11.4 Å². The number of aryl methyl sites for hydroxylation is 1. The third kappa shape index (κ3) is 3.85. The topological polar surface area (TPSA) is 90.0 Å². The summed E-state index contributed by atoms with van der Waals surface area (Å²) in [6.45, 7) is 3.05. The van der Waals surface area contributed by atoms with Crippen molar-refractivity contribution in [1.82, 2.24) is 34.2 Å². The highest BCUT2D eigenvalue weighted by Gasteiger charge is 2.20. The van der Waals surface area contributed by atoms with Gasteiger partial charge in [-0.1, -0.05) is 6.07 Å². The number of rotatable bonds is 6. The van der Waals surface area contributed by atoms with Gasteiger partial charge in [-0.3, -0.25) is 19.2 Å². The van der Waals surface area contributed by atoms with Crippen LogP contribution in [0.25, 0.3) is 17.0 Å². The van der Waals surface area contributed by atoms with E-state index in [0.29, 0.717) is 30.3 Å². The van der Waals surface area contributed by atoms with Crippen molar-refractivity contribution in [3.05, 3.63) is 102 Å². The van der Waals surface area contributed by atoms with Gasteiger partial charge in [0.05, 0.1) is 5.52 Å². The third-order valence-electron chi connectivity index (χ3n) is 5.27. The monoisotopic (exact) mass is 423 g/mol. The Balaban J connectivity index is 1.46. The van der Waals surface area contributed by atoms with Crippen molar-refractivity contribution in [2.24, 2.45) is 0 Å². The second kappa shape index (κ2) is 8.43. The van der Waals surface area contributed by atoms with Crippen LogP contribution in [0.1, 0.15) is 27.4 Å². The molecule has 5 rings (SSSR count). The van der Waals surface area contributed by atoms with Gasteiger partial charge in [0.1, 0.15) is 11.5 Å². The van der Waals surface area contributed by atoms with Crippen molar-refractivity contribution in [2.45, 2.75) is 20.0 Å². The Morgan fingerprint density at radius 3 is 2.41 bits per heavy atom. The Labute approximate surface area is 184 Å². The summed E-state index contributed by atoms with van der Waals surface area (Å²) in [5.41, 5.74) is 3.93. The number of nitrogens with one attached hydrogen (secondary N) is 1. The molecule has 0 fully saturated rings. The van der Waals surface area contributed by atoms with Gasteiger partial charge >= 0.3 is 0 Å². The number of imidazole rings is 2. The van der Waals surface area contributed by atoms with Gasteiger partial charge in [-0.25, -0.2) is 9.97 Å². The zero-order valence-corrected chi connectivity index (χ0v) is 17.5. The zero-order chi connectivity index (χ0) is 21.9. The summed E-state index contributed by atoms with van der Waals surface area (Å²) in [6, 6.07) is 13.4. The SMILES string of the molecule is Cc1nc(-c2nc(C(=O)NCc3ccncc3)c3ccccn23)cn1Cc1ccncc1. The summed E-state index contributed by atoms with van der Waals surface area (Å²) in [5, 5.41) is 2.95. The minimum absolute atomic E-state index is 0.232. The minimum atomic E-state index is -0.232. The molecule has 5 aromatic rings. The van der Waals surface area contributed by atoms with Gasteiger partial charge in [-0.05, 0) is 54.4 Å². The molecule has 0 bridgehead atoms. The molecule has 8 nitrogen and oxygen atoms in total. The van der Waals surface area contributed by atoms with E-state index >= 15 is 0 Å². The summed E-state index contributed by atoms with van der Waals surface area (Å²) in [5.74, 6) is 1.27. The highest BCUT2D eigenvalue weighted by molar-refractivity contribution is 5.99.